The van der Waals surface area contributed by atoms with E-state index in [2.05, 4.69) is 25.1 Å². The molecule has 0 amide bonds. The van der Waals surface area contributed by atoms with E-state index in [1.807, 2.05) is 18.2 Å². The van der Waals surface area contributed by atoms with Gasteiger partial charge in [-0.2, -0.15) is 0 Å². The van der Waals surface area contributed by atoms with E-state index in [-0.39, 0.29) is 6.10 Å². The third-order valence-corrected chi connectivity index (χ3v) is 4.04. The van der Waals surface area contributed by atoms with Crippen LogP contribution in [-0.4, -0.2) is 11.2 Å². The van der Waals surface area contributed by atoms with Crippen molar-refractivity contribution in [1.82, 2.24) is 0 Å². The maximum Gasteiger partial charge on any atom is 0.0781 e. The van der Waals surface area contributed by atoms with Crippen molar-refractivity contribution < 1.29 is 5.11 Å². The molecule has 0 spiro atoms. The molecular weight excluding hydrogens is 220 g/mol. The molecule has 0 bridgehead atoms. The maximum atomic E-state index is 10.5. The van der Waals surface area contributed by atoms with Crippen LogP contribution in [-0.2, 0) is 0 Å². The van der Waals surface area contributed by atoms with Gasteiger partial charge in [-0.3, -0.25) is 0 Å². The average Bonchev–Trinajstić information content (AvgIpc) is 2.46. The topological polar surface area (TPSA) is 20.2 Å². The van der Waals surface area contributed by atoms with Gasteiger partial charge in [-0.15, -0.1) is 0 Å². The van der Waals surface area contributed by atoms with E-state index < -0.39 is 0 Å². The van der Waals surface area contributed by atoms with Gasteiger partial charge in [-0.05, 0) is 36.3 Å². The van der Waals surface area contributed by atoms with Crippen LogP contribution >= 0.6 is 0 Å². The Morgan fingerprint density at radius 1 is 1.22 bits per heavy atom. The summed E-state index contributed by atoms with van der Waals surface area (Å²) in [5, 5.41) is 10.5. The molecule has 1 aromatic carbocycles. The largest absolute Gasteiger partial charge is 0.388 e. The number of benzene rings is 1. The van der Waals surface area contributed by atoms with Gasteiger partial charge in [0.15, 0.2) is 0 Å². The molecule has 18 heavy (non-hydrogen) atoms. The average molecular weight is 244 g/mol. The molecule has 0 unspecified atom stereocenters. The van der Waals surface area contributed by atoms with E-state index in [1.165, 1.54) is 43.2 Å². The minimum atomic E-state index is -0.240. The highest BCUT2D eigenvalue weighted by Gasteiger charge is 2.23. The first kappa shape index (κ1) is 13.4. The van der Waals surface area contributed by atoms with Gasteiger partial charge < -0.3 is 5.11 Å². The zero-order chi connectivity index (χ0) is 12.8. The summed E-state index contributed by atoms with van der Waals surface area (Å²) >= 11 is 0. The molecule has 2 rings (SSSR count). The molecule has 1 saturated carbocycles. The fourth-order valence-electron chi connectivity index (χ4n) is 2.91. The number of rotatable bonds is 4. The van der Waals surface area contributed by atoms with Crippen LogP contribution in [0.2, 0.25) is 0 Å². The Hall–Kier alpha value is -1.08. The van der Waals surface area contributed by atoms with Crippen LogP contribution < -0.4 is 0 Å². The van der Waals surface area contributed by atoms with Crippen LogP contribution in [0, 0.1) is 5.92 Å². The van der Waals surface area contributed by atoms with E-state index in [0.717, 1.165) is 6.42 Å². The van der Waals surface area contributed by atoms with Gasteiger partial charge in [-0.25, -0.2) is 0 Å². The molecule has 1 aliphatic carbocycles. The standard InChI is InChI=1S/C17H24O/c1-2-15(13-14-9-5-3-6-10-14)17(18)16-11-7-4-8-12-16/h3,5-6,9-10,13,16-18H,2,4,7-8,11-12H2,1H3/b15-13+/t17-/m0/s1. The Morgan fingerprint density at radius 3 is 2.50 bits per heavy atom. The van der Waals surface area contributed by atoms with Crippen molar-refractivity contribution in [2.24, 2.45) is 5.92 Å². The first-order chi connectivity index (χ1) is 8.81. The highest BCUT2D eigenvalue weighted by Crippen LogP contribution is 2.31. The van der Waals surface area contributed by atoms with Gasteiger partial charge >= 0.3 is 0 Å². The smallest absolute Gasteiger partial charge is 0.0781 e. The summed E-state index contributed by atoms with van der Waals surface area (Å²) in [6.45, 7) is 2.14. The van der Waals surface area contributed by atoms with Crippen LogP contribution in [0.5, 0.6) is 0 Å². The van der Waals surface area contributed by atoms with Gasteiger partial charge in [-0.1, -0.05) is 62.6 Å². The van der Waals surface area contributed by atoms with Crippen molar-refractivity contribution in [2.45, 2.75) is 51.6 Å². The van der Waals surface area contributed by atoms with Crippen LogP contribution in [0.1, 0.15) is 51.0 Å². The molecule has 98 valence electrons. The summed E-state index contributed by atoms with van der Waals surface area (Å²) in [5.41, 5.74) is 2.39. The number of aliphatic hydroxyl groups excluding tert-OH is 1. The molecular formula is C17H24O. The third-order valence-electron chi connectivity index (χ3n) is 4.04. The Kier molecular flexibility index (Phi) is 5.00. The zero-order valence-electron chi connectivity index (χ0n) is 11.3. The second kappa shape index (κ2) is 6.75. The van der Waals surface area contributed by atoms with E-state index in [9.17, 15) is 5.11 Å². The normalized spacial score (nSPS) is 19.8. The summed E-state index contributed by atoms with van der Waals surface area (Å²) < 4.78 is 0. The molecule has 1 nitrogen and oxygen atoms in total. The number of hydrogen-bond acceptors (Lipinski definition) is 1. The van der Waals surface area contributed by atoms with Gasteiger partial charge in [0, 0.05) is 0 Å². The molecule has 0 saturated heterocycles. The first-order valence-electron chi connectivity index (χ1n) is 7.25. The Morgan fingerprint density at radius 2 is 1.89 bits per heavy atom. The molecule has 1 aliphatic rings. The van der Waals surface area contributed by atoms with Gasteiger partial charge in [0.1, 0.15) is 0 Å². The van der Waals surface area contributed by atoms with E-state index in [0.29, 0.717) is 5.92 Å². The minimum absolute atomic E-state index is 0.240. The molecule has 0 radical (unpaired) electrons. The third kappa shape index (κ3) is 3.46. The van der Waals surface area contributed by atoms with Gasteiger partial charge in [0.05, 0.1) is 6.10 Å². The summed E-state index contributed by atoms with van der Waals surface area (Å²) in [4.78, 5) is 0. The van der Waals surface area contributed by atoms with Crippen molar-refractivity contribution in [3.63, 3.8) is 0 Å². The van der Waals surface area contributed by atoms with E-state index in [1.54, 1.807) is 0 Å². The number of aliphatic hydroxyl groups is 1. The molecule has 0 heterocycles. The summed E-state index contributed by atoms with van der Waals surface area (Å²) in [6, 6.07) is 10.3. The lowest BCUT2D eigenvalue weighted by atomic mass is 9.81. The maximum absolute atomic E-state index is 10.5. The summed E-state index contributed by atoms with van der Waals surface area (Å²) in [5.74, 6) is 0.480. The molecule has 1 atom stereocenters. The molecule has 1 heteroatoms. The second-order valence-corrected chi connectivity index (χ2v) is 5.33. The molecule has 0 aromatic heterocycles. The first-order valence-corrected chi connectivity index (χ1v) is 7.25. The van der Waals surface area contributed by atoms with Crippen molar-refractivity contribution in [1.29, 1.82) is 0 Å². The molecule has 1 aromatic rings. The van der Waals surface area contributed by atoms with Crippen molar-refractivity contribution in [2.75, 3.05) is 0 Å². The Bertz CT molecular complexity index is 374. The lowest BCUT2D eigenvalue weighted by Crippen LogP contribution is -2.24. The van der Waals surface area contributed by atoms with Crippen molar-refractivity contribution in [3.05, 3.63) is 41.5 Å². The van der Waals surface area contributed by atoms with Crippen molar-refractivity contribution >= 4 is 6.08 Å². The molecule has 1 N–H and O–H groups in total. The fourth-order valence-corrected chi connectivity index (χ4v) is 2.91. The van der Waals surface area contributed by atoms with Crippen LogP contribution in [0.3, 0.4) is 0 Å². The van der Waals surface area contributed by atoms with E-state index >= 15 is 0 Å². The SMILES string of the molecule is CC/C(=C\c1ccccc1)[C@H](O)C1CCCCC1. The van der Waals surface area contributed by atoms with Crippen LogP contribution in [0.15, 0.2) is 35.9 Å². The second-order valence-electron chi connectivity index (χ2n) is 5.33. The molecule has 0 aliphatic heterocycles. The molecule has 1 fully saturated rings. The Labute approximate surface area is 111 Å². The summed E-state index contributed by atoms with van der Waals surface area (Å²) in [6.07, 6.45) is 9.14. The Balaban J connectivity index is 2.09. The monoisotopic (exact) mass is 244 g/mol. The lowest BCUT2D eigenvalue weighted by Gasteiger charge is -2.28. The highest BCUT2D eigenvalue weighted by atomic mass is 16.3. The predicted molar refractivity (Wildman–Crippen MR) is 77.3 cm³/mol. The van der Waals surface area contributed by atoms with E-state index in [4.69, 9.17) is 0 Å². The lowest BCUT2D eigenvalue weighted by molar-refractivity contribution is 0.113. The van der Waals surface area contributed by atoms with Crippen LogP contribution in [0.25, 0.3) is 6.08 Å². The van der Waals surface area contributed by atoms with Gasteiger partial charge in [0.25, 0.3) is 0 Å². The summed E-state index contributed by atoms with van der Waals surface area (Å²) in [7, 11) is 0. The van der Waals surface area contributed by atoms with Crippen LogP contribution in [0.4, 0.5) is 0 Å². The predicted octanol–water partition coefficient (Wildman–Crippen LogP) is 4.42. The quantitative estimate of drug-likeness (QED) is 0.831. The zero-order valence-corrected chi connectivity index (χ0v) is 11.3. The number of hydrogen-bond donors (Lipinski definition) is 1. The van der Waals surface area contributed by atoms with Gasteiger partial charge in [0.2, 0.25) is 0 Å². The minimum Gasteiger partial charge on any atom is -0.388 e. The highest BCUT2D eigenvalue weighted by molar-refractivity contribution is 5.53. The fraction of sp³-hybridized carbons (Fsp3) is 0.529. The van der Waals surface area contributed by atoms with Crippen molar-refractivity contribution in [3.8, 4) is 0 Å².